The fraction of sp³-hybridized carbons (Fsp3) is 0.694. The maximum atomic E-state index is 14.9. The number of nitrogens with one attached hydrogen (secondary N) is 2. The summed E-state index contributed by atoms with van der Waals surface area (Å²) in [5.74, 6) is 0.0399. The molecule has 0 saturated carbocycles. The van der Waals surface area contributed by atoms with E-state index >= 15 is 0 Å². The smallest absolute Gasteiger partial charge is 0.410 e. The molecule has 0 unspecified atom stereocenters. The van der Waals surface area contributed by atoms with Gasteiger partial charge in [0.2, 0.25) is 5.91 Å². The molecule has 2 N–H and O–H groups in total. The third-order valence-electron chi connectivity index (χ3n) is 13.1. The van der Waals surface area contributed by atoms with E-state index in [-0.39, 0.29) is 40.9 Å². The van der Waals surface area contributed by atoms with Crippen LogP contribution in [-0.4, -0.2) is 141 Å². The minimum atomic E-state index is -2.06. The fourth-order valence-corrected chi connectivity index (χ4v) is 9.75. The number of amides is 3. The van der Waals surface area contributed by atoms with Gasteiger partial charge in [-0.3, -0.25) is 9.69 Å². The van der Waals surface area contributed by atoms with Crippen molar-refractivity contribution in [3.05, 3.63) is 58.4 Å². The lowest BCUT2D eigenvalue weighted by molar-refractivity contribution is -0.137. The molecule has 3 saturated heterocycles. The van der Waals surface area contributed by atoms with Crippen LogP contribution in [0.5, 0.6) is 5.75 Å². The Labute approximate surface area is 394 Å². The first kappa shape index (κ1) is 52.3. The Morgan fingerprint density at radius 1 is 0.892 bits per heavy atom. The van der Waals surface area contributed by atoms with Crippen molar-refractivity contribution in [3.63, 3.8) is 0 Å². The molecule has 3 aliphatic heterocycles. The molecule has 3 heterocycles. The van der Waals surface area contributed by atoms with E-state index in [0.29, 0.717) is 68.8 Å². The van der Waals surface area contributed by atoms with Crippen LogP contribution in [0.15, 0.2) is 36.4 Å². The second-order valence-corrected chi connectivity index (χ2v) is 26.8. The van der Waals surface area contributed by atoms with Crippen LogP contribution in [0, 0.1) is 11.7 Å². The molecule has 0 aliphatic carbocycles. The highest BCUT2D eigenvalue weighted by atomic mass is 35.5. The number of carbonyl (C=O) groups excluding carboxylic acids is 3. The van der Waals surface area contributed by atoms with Gasteiger partial charge < -0.3 is 44.0 Å². The van der Waals surface area contributed by atoms with Gasteiger partial charge in [-0.25, -0.2) is 14.0 Å². The first-order chi connectivity index (χ1) is 30.3. The molecule has 0 aromatic heterocycles. The third kappa shape index (κ3) is 15.2. The predicted molar refractivity (Wildman–Crippen MR) is 259 cm³/mol. The average molecular weight is 946 g/mol. The van der Waals surface area contributed by atoms with Gasteiger partial charge in [0.1, 0.15) is 28.8 Å². The second-order valence-electron chi connectivity index (χ2n) is 21.5. The Morgan fingerprint density at radius 2 is 1.55 bits per heavy atom. The first-order valence-electron chi connectivity index (χ1n) is 23.6. The van der Waals surface area contributed by atoms with Crippen LogP contribution in [0.25, 0.3) is 0 Å². The summed E-state index contributed by atoms with van der Waals surface area (Å²) in [6.45, 7) is 30.2. The van der Waals surface area contributed by atoms with Gasteiger partial charge in [-0.05, 0) is 147 Å². The van der Waals surface area contributed by atoms with Gasteiger partial charge in [0.25, 0.3) is 0 Å². The normalized spacial score (nSPS) is 20.1. The topological polar surface area (TPSA) is 125 Å². The highest BCUT2D eigenvalue weighted by Crippen LogP contribution is 2.38. The monoisotopic (exact) mass is 945 g/mol. The van der Waals surface area contributed by atoms with Gasteiger partial charge in [-0.15, -0.1) is 0 Å². The number of piperazine rings is 1. The van der Waals surface area contributed by atoms with Crippen molar-refractivity contribution in [2.24, 2.45) is 5.92 Å². The molecule has 3 aliphatic rings. The van der Waals surface area contributed by atoms with Crippen LogP contribution in [0.3, 0.4) is 0 Å². The molecule has 65 heavy (non-hydrogen) atoms. The number of carbonyl (C=O) groups is 3. The zero-order valence-electron chi connectivity index (χ0n) is 41.3. The van der Waals surface area contributed by atoms with Crippen LogP contribution in [0.1, 0.15) is 99.6 Å². The van der Waals surface area contributed by atoms with Gasteiger partial charge in [0.05, 0.1) is 19.3 Å². The molecular formula is C49H78ClFN6O7Si. The van der Waals surface area contributed by atoms with Gasteiger partial charge in [0, 0.05) is 68.1 Å². The maximum absolute atomic E-state index is 14.9. The lowest BCUT2D eigenvalue weighted by Gasteiger charge is -2.40. The molecule has 364 valence electrons. The van der Waals surface area contributed by atoms with E-state index in [1.807, 2.05) is 76.5 Å². The number of piperidine rings is 1. The number of likely N-dealkylation sites (tertiary alicyclic amines) is 2. The van der Waals surface area contributed by atoms with Crippen LogP contribution >= 0.6 is 11.6 Å². The number of anilines is 1. The largest absolute Gasteiger partial charge is 0.493 e. The Hall–Kier alpha value is -3.63. The van der Waals surface area contributed by atoms with Crippen molar-refractivity contribution in [1.29, 1.82) is 0 Å². The minimum absolute atomic E-state index is 0.0127. The van der Waals surface area contributed by atoms with Crippen molar-refractivity contribution in [3.8, 4) is 5.75 Å². The van der Waals surface area contributed by atoms with E-state index < -0.39 is 31.7 Å². The zero-order chi connectivity index (χ0) is 47.9. The standard InChI is InChI=1S/C49H78ClFN6O7Si/c1-13-61-42-16-14-15-40(51)39(42)32-55-25-27-56(28-26-55)44(58)43(53-45(59)63-47(2,3)4)34-19-22-54(23-20-34)24-21-35-29-36(50)17-18-41(35)52-37-30-38(33-62-65(11,12)49(8,9)10)57(31-37)46(60)64-48(5,6)7/h14-18,29,34,37-38,43,52H,13,19-28,30-33H2,1-12H3,(H,53,59)/t37-,38+,43-/m1/s1. The van der Waals surface area contributed by atoms with Gasteiger partial charge >= 0.3 is 12.2 Å². The number of halogens is 2. The van der Waals surface area contributed by atoms with E-state index in [1.54, 1.807) is 12.1 Å². The van der Waals surface area contributed by atoms with Crippen molar-refractivity contribution in [2.75, 3.05) is 70.9 Å². The molecule has 13 nitrogen and oxygen atoms in total. The second kappa shape index (κ2) is 22.0. The quantitative estimate of drug-likeness (QED) is 0.167. The molecule has 16 heteroatoms. The van der Waals surface area contributed by atoms with E-state index in [9.17, 15) is 18.8 Å². The predicted octanol–water partition coefficient (Wildman–Crippen LogP) is 9.18. The van der Waals surface area contributed by atoms with Crippen LogP contribution in [0.4, 0.5) is 19.7 Å². The van der Waals surface area contributed by atoms with Crippen LogP contribution in [0.2, 0.25) is 23.2 Å². The van der Waals surface area contributed by atoms with Crippen LogP contribution in [-0.2, 0) is 31.7 Å². The number of hydrogen-bond acceptors (Lipinski definition) is 10. The molecule has 5 rings (SSSR count). The molecule has 0 spiro atoms. The molecule has 3 atom stereocenters. The highest BCUT2D eigenvalue weighted by Gasteiger charge is 2.43. The SMILES string of the molecule is CCOc1cccc(F)c1CN1CCN(C(=O)[C@H](NC(=O)OC(C)(C)C)C2CCN(CCc3cc(Cl)ccc3N[C@@H]3C[C@@H](CO[Si](C)(C)C(C)(C)C)N(C(=O)OC(C)(C)C)C3)CC2)CC1. The summed E-state index contributed by atoms with van der Waals surface area (Å²) in [5.41, 5.74) is 1.26. The zero-order valence-corrected chi connectivity index (χ0v) is 43.0. The van der Waals surface area contributed by atoms with Gasteiger partial charge in [0.15, 0.2) is 8.32 Å². The lowest BCUT2D eigenvalue weighted by Crippen LogP contribution is -2.58. The van der Waals surface area contributed by atoms with Crippen LogP contribution < -0.4 is 15.4 Å². The Kier molecular flexibility index (Phi) is 17.7. The van der Waals surface area contributed by atoms with Crippen molar-refractivity contribution < 1.29 is 37.4 Å². The summed E-state index contributed by atoms with van der Waals surface area (Å²) in [5, 5.41) is 7.44. The summed E-state index contributed by atoms with van der Waals surface area (Å²) in [6.07, 6.45) is 1.98. The summed E-state index contributed by atoms with van der Waals surface area (Å²) < 4.78 is 38.7. The first-order valence-corrected chi connectivity index (χ1v) is 26.9. The Morgan fingerprint density at radius 3 is 2.17 bits per heavy atom. The summed E-state index contributed by atoms with van der Waals surface area (Å²) in [4.78, 5) is 49.2. The number of hydrogen-bond donors (Lipinski definition) is 2. The number of nitrogens with zero attached hydrogens (tertiary/aromatic N) is 4. The lowest BCUT2D eigenvalue weighted by atomic mass is 9.88. The Bertz CT molecular complexity index is 1920. The molecular weight excluding hydrogens is 867 g/mol. The summed E-state index contributed by atoms with van der Waals surface area (Å²) in [6, 6.07) is 9.95. The number of rotatable bonds is 15. The minimum Gasteiger partial charge on any atom is -0.493 e. The average Bonchev–Trinajstić information content (AvgIpc) is 3.62. The van der Waals surface area contributed by atoms with Gasteiger partial charge in [-0.2, -0.15) is 0 Å². The molecule has 2 aromatic carbocycles. The highest BCUT2D eigenvalue weighted by molar-refractivity contribution is 6.74. The Balaban J connectivity index is 1.20. The van der Waals surface area contributed by atoms with Crippen molar-refractivity contribution in [2.45, 2.75) is 149 Å². The van der Waals surface area contributed by atoms with Crippen molar-refractivity contribution >= 4 is 43.7 Å². The number of benzene rings is 2. The molecule has 0 radical (unpaired) electrons. The van der Waals surface area contributed by atoms with Gasteiger partial charge in [-0.1, -0.05) is 38.4 Å². The van der Waals surface area contributed by atoms with E-state index in [4.69, 9.17) is 30.2 Å². The van der Waals surface area contributed by atoms with Crippen molar-refractivity contribution in [1.82, 2.24) is 24.9 Å². The fourth-order valence-electron chi connectivity index (χ4n) is 8.51. The molecule has 3 fully saturated rings. The third-order valence-corrected chi connectivity index (χ3v) is 17.8. The maximum Gasteiger partial charge on any atom is 0.410 e. The summed E-state index contributed by atoms with van der Waals surface area (Å²) in [7, 11) is -2.06. The van der Waals surface area contributed by atoms with E-state index in [2.05, 4.69) is 54.3 Å². The molecule has 0 bridgehead atoms. The number of ether oxygens (including phenoxy) is 3. The molecule has 3 amide bonds. The van der Waals surface area contributed by atoms with E-state index in [1.165, 1.54) is 6.07 Å². The van der Waals surface area contributed by atoms with E-state index in [0.717, 1.165) is 56.6 Å². The molecule has 2 aromatic rings. The summed E-state index contributed by atoms with van der Waals surface area (Å²) >= 11 is 6.60. The number of alkyl carbamates (subject to hydrolysis) is 1.